The molecule has 5 nitrogen and oxygen atoms in total. The van der Waals surface area contributed by atoms with Gasteiger partial charge in [-0.25, -0.2) is 4.98 Å². The number of rotatable bonds is 7. The molecule has 0 saturated heterocycles. The Morgan fingerprint density at radius 3 is 2.89 bits per heavy atom. The van der Waals surface area contributed by atoms with Crippen LogP contribution in [0.2, 0.25) is 0 Å². The molecule has 1 aromatic rings. The van der Waals surface area contributed by atoms with Crippen LogP contribution in [-0.2, 0) is 11.3 Å². The van der Waals surface area contributed by atoms with Gasteiger partial charge in [0.05, 0.1) is 12.1 Å². The number of ether oxygens (including phenoxy) is 1. The third kappa shape index (κ3) is 4.52. The Labute approximate surface area is 114 Å². The van der Waals surface area contributed by atoms with E-state index in [-0.39, 0.29) is 5.91 Å². The highest BCUT2D eigenvalue weighted by Crippen LogP contribution is 2.15. The van der Waals surface area contributed by atoms with E-state index in [0.717, 1.165) is 12.0 Å². The Kier molecular flexibility index (Phi) is 5.76. The Bertz CT molecular complexity index is 419. The minimum atomic E-state index is -0.831. The van der Waals surface area contributed by atoms with E-state index in [0.29, 0.717) is 25.5 Å². The largest absolute Gasteiger partial charge is 0.478 e. The Hall–Kier alpha value is -1.62. The normalized spacial score (nSPS) is 13.7. The molecule has 1 heterocycles. The standard InChI is InChI=1S/C14H23N3O2/c1-4-8-14(3,15)13(18)17-10-11-7-6-9-16-12(11)19-5-2/h6-7,9H,4-5,8,10,15H2,1-3H3,(H,17,18). The molecule has 19 heavy (non-hydrogen) atoms. The first-order valence-corrected chi connectivity index (χ1v) is 6.65. The number of pyridine rings is 1. The topological polar surface area (TPSA) is 77.2 Å². The van der Waals surface area contributed by atoms with Gasteiger partial charge in [0.15, 0.2) is 0 Å². The summed E-state index contributed by atoms with van der Waals surface area (Å²) in [5, 5.41) is 2.84. The van der Waals surface area contributed by atoms with E-state index < -0.39 is 5.54 Å². The maximum Gasteiger partial charge on any atom is 0.240 e. The molecule has 0 saturated carbocycles. The number of nitrogens with two attached hydrogens (primary N) is 1. The number of amides is 1. The van der Waals surface area contributed by atoms with Crippen LogP contribution in [0.5, 0.6) is 5.88 Å². The Balaban J connectivity index is 2.64. The van der Waals surface area contributed by atoms with Crippen molar-refractivity contribution in [1.82, 2.24) is 10.3 Å². The van der Waals surface area contributed by atoms with Gasteiger partial charge in [-0.2, -0.15) is 0 Å². The maximum atomic E-state index is 12.0. The number of aromatic nitrogens is 1. The fourth-order valence-corrected chi connectivity index (χ4v) is 1.84. The summed E-state index contributed by atoms with van der Waals surface area (Å²) in [5.74, 6) is 0.403. The van der Waals surface area contributed by atoms with Crippen LogP contribution in [0.1, 0.15) is 39.2 Å². The van der Waals surface area contributed by atoms with Gasteiger partial charge in [-0.15, -0.1) is 0 Å². The number of hydrogen-bond acceptors (Lipinski definition) is 4. The lowest BCUT2D eigenvalue weighted by Gasteiger charge is -2.23. The van der Waals surface area contributed by atoms with E-state index in [4.69, 9.17) is 10.5 Å². The fourth-order valence-electron chi connectivity index (χ4n) is 1.84. The van der Waals surface area contributed by atoms with Crippen molar-refractivity contribution in [3.05, 3.63) is 23.9 Å². The van der Waals surface area contributed by atoms with Crippen molar-refractivity contribution in [2.75, 3.05) is 6.61 Å². The van der Waals surface area contributed by atoms with Gasteiger partial charge >= 0.3 is 0 Å². The van der Waals surface area contributed by atoms with Crippen LogP contribution in [0.3, 0.4) is 0 Å². The first-order chi connectivity index (χ1) is 9.01. The van der Waals surface area contributed by atoms with E-state index in [1.54, 1.807) is 13.1 Å². The van der Waals surface area contributed by atoms with Gasteiger partial charge in [-0.05, 0) is 26.3 Å². The summed E-state index contributed by atoms with van der Waals surface area (Å²) in [6, 6.07) is 3.70. The number of carbonyl (C=O) groups is 1. The SMILES string of the molecule is CCCC(C)(N)C(=O)NCc1cccnc1OCC. The maximum absolute atomic E-state index is 12.0. The van der Waals surface area contributed by atoms with Gasteiger partial charge in [-0.1, -0.05) is 19.4 Å². The molecule has 1 rings (SSSR count). The van der Waals surface area contributed by atoms with Crippen LogP contribution >= 0.6 is 0 Å². The molecule has 0 radical (unpaired) electrons. The number of carbonyl (C=O) groups excluding carboxylic acids is 1. The second-order valence-corrected chi connectivity index (χ2v) is 4.75. The second-order valence-electron chi connectivity index (χ2n) is 4.75. The van der Waals surface area contributed by atoms with E-state index in [9.17, 15) is 4.79 Å². The average Bonchev–Trinajstić information content (AvgIpc) is 2.37. The predicted octanol–water partition coefficient (Wildman–Crippen LogP) is 1.61. The van der Waals surface area contributed by atoms with Crippen molar-refractivity contribution in [3.63, 3.8) is 0 Å². The molecule has 106 valence electrons. The minimum absolute atomic E-state index is 0.152. The summed E-state index contributed by atoms with van der Waals surface area (Å²) in [6.45, 7) is 6.57. The summed E-state index contributed by atoms with van der Waals surface area (Å²) in [6.07, 6.45) is 3.20. The summed E-state index contributed by atoms with van der Waals surface area (Å²) >= 11 is 0. The average molecular weight is 265 g/mol. The lowest BCUT2D eigenvalue weighted by molar-refractivity contribution is -0.126. The number of hydrogen-bond donors (Lipinski definition) is 2. The summed E-state index contributed by atoms with van der Waals surface area (Å²) < 4.78 is 5.41. The second kappa shape index (κ2) is 7.09. The fraction of sp³-hybridized carbons (Fsp3) is 0.571. The first-order valence-electron chi connectivity index (χ1n) is 6.65. The number of nitrogens with zero attached hydrogens (tertiary/aromatic N) is 1. The van der Waals surface area contributed by atoms with E-state index >= 15 is 0 Å². The Morgan fingerprint density at radius 1 is 1.53 bits per heavy atom. The van der Waals surface area contributed by atoms with Crippen LogP contribution in [0.25, 0.3) is 0 Å². The van der Waals surface area contributed by atoms with Gasteiger partial charge < -0.3 is 15.8 Å². The molecule has 5 heteroatoms. The third-order valence-electron chi connectivity index (χ3n) is 2.86. The lowest BCUT2D eigenvalue weighted by Crippen LogP contribution is -2.51. The van der Waals surface area contributed by atoms with Gasteiger partial charge in [0, 0.05) is 18.3 Å². The molecule has 0 spiro atoms. The van der Waals surface area contributed by atoms with Crippen LogP contribution in [0.4, 0.5) is 0 Å². The summed E-state index contributed by atoms with van der Waals surface area (Å²) in [4.78, 5) is 16.1. The molecule has 1 aromatic heterocycles. The Morgan fingerprint density at radius 2 is 2.26 bits per heavy atom. The molecule has 0 aliphatic carbocycles. The molecule has 1 unspecified atom stereocenters. The zero-order valence-electron chi connectivity index (χ0n) is 11.9. The van der Waals surface area contributed by atoms with Crippen molar-refractivity contribution in [1.29, 1.82) is 0 Å². The molecule has 0 fully saturated rings. The van der Waals surface area contributed by atoms with Crippen LogP contribution in [0.15, 0.2) is 18.3 Å². The predicted molar refractivity (Wildman–Crippen MR) is 74.8 cm³/mol. The summed E-state index contributed by atoms with van der Waals surface area (Å²) in [7, 11) is 0. The smallest absolute Gasteiger partial charge is 0.240 e. The van der Waals surface area contributed by atoms with Crippen molar-refractivity contribution in [3.8, 4) is 5.88 Å². The van der Waals surface area contributed by atoms with Gasteiger partial charge in [0.1, 0.15) is 0 Å². The molecule has 0 aliphatic rings. The highest BCUT2D eigenvalue weighted by molar-refractivity contribution is 5.85. The quantitative estimate of drug-likeness (QED) is 0.785. The number of nitrogens with one attached hydrogen (secondary N) is 1. The minimum Gasteiger partial charge on any atom is -0.478 e. The van der Waals surface area contributed by atoms with Gasteiger partial charge in [0.25, 0.3) is 0 Å². The van der Waals surface area contributed by atoms with E-state index in [2.05, 4.69) is 10.3 Å². The van der Waals surface area contributed by atoms with Crippen molar-refractivity contribution < 1.29 is 9.53 Å². The van der Waals surface area contributed by atoms with Crippen LogP contribution in [-0.4, -0.2) is 23.0 Å². The monoisotopic (exact) mass is 265 g/mol. The zero-order valence-corrected chi connectivity index (χ0v) is 11.9. The van der Waals surface area contributed by atoms with Gasteiger partial charge in [0.2, 0.25) is 11.8 Å². The van der Waals surface area contributed by atoms with Gasteiger partial charge in [-0.3, -0.25) is 4.79 Å². The van der Waals surface area contributed by atoms with E-state index in [1.807, 2.05) is 26.0 Å². The summed E-state index contributed by atoms with van der Waals surface area (Å²) in [5.41, 5.74) is 5.99. The molecule has 3 N–H and O–H groups in total. The highest BCUT2D eigenvalue weighted by Gasteiger charge is 2.26. The van der Waals surface area contributed by atoms with Crippen LogP contribution in [0, 0.1) is 0 Å². The molecular formula is C14H23N3O2. The van der Waals surface area contributed by atoms with Crippen molar-refractivity contribution in [2.24, 2.45) is 5.73 Å². The lowest BCUT2D eigenvalue weighted by atomic mass is 9.96. The first kappa shape index (κ1) is 15.4. The highest BCUT2D eigenvalue weighted by atomic mass is 16.5. The molecule has 0 bridgehead atoms. The van der Waals surface area contributed by atoms with Crippen molar-refractivity contribution in [2.45, 2.75) is 45.7 Å². The van der Waals surface area contributed by atoms with E-state index in [1.165, 1.54) is 0 Å². The molecular weight excluding hydrogens is 242 g/mol. The van der Waals surface area contributed by atoms with Crippen LogP contribution < -0.4 is 15.8 Å². The zero-order chi connectivity index (χ0) is 14.3. The molecule has 0 aliphatic heterocycles. The van der Waals surface area contributed by atoms with Crippen molar-refractivity contribution >= 4 is 5.91 Å². The molecule has 0 aromatic carbocycles. The molecule has 1 amide bonds. The molecule has 1 atom stereocenters. The third-order valence-corrected chi connectivity index (χ3v) is 2.86.